The lowest BCUT2D eigenvalue weighted by Gasteiger charge is -2.21. The van der Waals surface area contributed by atoms with Gasteiger partial charge in [-0.15, -0.1) is 0 Å². The summed E-state index contributed by atoms with van der Waals surface area (Å²) in [5.41, 5.74) is 1.55. The van der Waals surface area contributed by atoms with Gasteiger partial charge >= 0.3 is 0 Å². The molecule has 0 aliphatic carbocycles. The van der Waals surface area contributed by atoms with Crippen molar-refractivity contribution in [2.75, 3.05) is 17.6 Å². The number of rotatable bonds is 6. The molecule has 202 valence electrons. The van der Waals surface area contributed by atoms with Crippen molar-refractivity contribution >= 4 is 49.0 Å². The minimum Gasteiger partial charge on any atom is -0.505 e. The molecule has 5 aromatic rings. The Morgan fingerprint density at radius 3 is 2.36 bits per heavy atom. The van der Waals surface area contributed by atoms with E-state index in [9.17, 15) is 31.8 Å². The fourth-order valence-corrected chi connectivity index (χ4v) is 5.24. The zero-order valence-corrected chi connectivity index (χ0v) is 22.2. The Morgan fingerprint density at radius 2 is 1.69 bits per heavy atom. The highest BCUT2D eigenvalue weighted by Gasteiger charge is 2.27. The number of hydrogen-bond acceptors (Lipinski definition) is 5. The zero-order chi connectivity index (χ0) is 28.2. The normalized spacial score (nSPS) is 11.9. The van der Waals surface area contributed by atoms with E-state index in [2.05, 4.69) is 4.98 Å². The van der Waals surface area contributed by atoms with Gasteiger partial charge in [0, 0.05) is 41.8 Å². The van der Waals surface area contributed by atoms with E-state index in [4.69, 9.17) is 11.6 Å². The zero-order valence-electron chi connectivity index (χ0n) is 20.6. The number of hydrogen-bond donors (Lipinski definition) is 2. The third-order valence-electron chi connectivity index (χ3n) is 6.53. The first-order valence-electron chi connectivity index (χ1n) is 11.5. The highest BCUT2D eigenvalue weighted by Crippen LogP contribution is 2.47. The molecule has 7 nitrogen and oxygen atoms in total. The minimum absolute atomic E-state index is 0.0277. The molecule has 5 rings (SSSR count). The molecule has 0 amide bonds. The number of anilines is 1. The van der Waals surface area contributed by atoms with E-state index in [1.54, 1.807) is 18.2 Å². The fourth-order valence-electron chi connectivity index (χ4n) is 4.53. The van der Waals surface area contributed by atoms with Crippen LogP contribution in [0.4, 0.5) is 18.9 Å². The van der Waals surface area contributed by atoms with Crippen LogP contribution in [-0.4, -0.2) is 41.5 Å². The first-order valence-corrected chi connectivity index (χ1v) is 13.7. The second kappa shape index (κ2) is 9.65. The monoisotopic (exact) mass is 575 g/mol. The van der Waals surface area contributed by atoms with Gasteiger partial charge in [0.25, 0.3) is 0 Å². The molecule has 0 saturated carbocycles. The van der Waals surface area contributed by atoms with Crippen molar-refractivity contribution in [3.8, 4) is 11.6 Å². The maximum absolute atomic E-state index is 14.5. The van der Waals surface area contributed by atoms with E-state index in [-0.39, 0.29) is 50.3 Å². The SMILES string of the molecule is CN(c1c2cc(Cc3ccc(F)cc3)cnc2c(O)c2c(O)n(Cc3cc(Cl)c(F)cc3F)cc12)S(C)(=O)=O. The summed E-state index contributed by atoms with van der Waals surface area (Å²) in [6.45, 7) is -0.298. The van der Waals surface area contributed by atoms with E-state index in [0.29, 0.717) is 18.1 Å². The Balaban J connectivity index is 1.74. The molecular formula is C27H21ClF3N3O4S. The van der Waals surface area contributed by atoms with Crippen molar-refractivity contribution in [2.24, 2.45) is 0 Å². The van der Waals surface area contributed by atoms with Crippen LogP contribution < -0.4 is 4.31 Å². The smallest absolute Gasteiger partial charge is 0.232 e. The highest BCUT2D eigenvalue weighted by atomic mass is 35.5. The van der Waals surface area contributed by atoms with Gasteiger partial charge in [0.2, 0.25) is 15.9 Å². The van der Waals surface area contributed by atoms with Gasteiger partial charge in [-0.25, -0.2) is 21.6 Å². The van der Waals surface area contributed by atoms with Crippen molar-refractivity contribution in [1.29, 1.82) is 0 Å². The van der Waals surface area contributed by atoms with Gasteiger partial charge in [0.15, 0.2) is 5.75 Å². The topological polar surface area (TPSA) is 95.7 Å². The second-order valence-electron chi connectivity index (χ2n) is 9.20. The van der Waals surface area contributed by atoms with Crippen LogP contribution in [0.15, 0.2) is 54.9 Å². The lowest BCUT2D eigenvalue weighted by atomic mass is 10.0. The summed E-state index contributed by atoms with van der Waals surface area (Å²) in [6.07, 6.45) is 4.20. The van der Waals surface area contributed by atoms with Gasteiger partial charge in [-0.1, -0.05) is 23.7 Å². The summed E-state index contributed by atoms with van der Waals surface area (Å²) >= 11 is 5.81. The Labute approximate surface area is 226 Å². The molecular weight excluding hydrogens is 555 g/mol. The number of pyridine rings is 1. The van der Waals surface area contributed by atoms with Crippen molar-refractivity contribution in [2.45, 2.75) is 13.0 Å². The fraction of sp³-hybridized carbons (Fsp3) is 0.148. The molecule has 2 N–H and O–H groups in total. The predicted octanol–water partition coefficient (Wildman–Crippen LogP) is 5.71. The third-order valence-corrected chi connectivity index (χ3v) is 8.00. The Morgan fingerprint density at radius 1 is 1.00 bits per heavy atom. The Bertz CT molecular complexity index is 1880. The van der Waals surface area contributed by atoms with Crippen LogP contribution >= 0.6 is 11.6 Å². The van der Waals surface area contributed by atoms with Crippen molar-refractivity contribution in [3.05, 3.63) is 94.0 Å². The van der Waals surface area contributed by atoms with E-state index >= 15 is 0 Å². The standard InChI is InChI=1S/C27H21ClF3N3O4S/c1-33(39(2,37)38)25-18-8-15(7-14-3-5-17(29)6-4-14)11-32-24(18)26(35)23-19(25)13-34(27(23)36)12-16-9-20(28)22(31)10-21(16)30/h3-6,8-11,13,35-36H,7,12H2,1-2H3. The number of aromatic hydroxyl groups is 2. The third kappa shape index (κ3) is 4.83. The predicted molar refractivity (Wildman–Crippen MR) is 143 cm³/mol. The minimum atomic E-state index is -3.84. The molecule has 2 heterocycles. The molecule has 0 aliphatic rings. The summed E-state index contributed by atoms with van der Waals surface area (Å²) in [7, 11) is -2.52. The van der Waals surface area contributed by atoms with Gasteiger partial charge < -0.3 is 14.8 Å². The largest absolute Gasteiger partial charge is 0.505 e. The maximum atomic E-state index is 14.5. The first-order chi connectivity index (χ1) is 18.3. The molecule has 0 unspecified atom stereocenters. The average Bonchev–Trinajstić information content (AvgIpc) is 3.19. The van der Waals surface area contributed by atoms with Crippen LogP contribution in [0.3, 0.4) is 0 Å². The van der Waals surface area contributed by atoms with Crippen LogP contribution in [0.1, 0.15) is 16.7 Å². The van der Waals surface area contributed by atoms with Gasteiger partial charge in [-0.05, 0) is 41.8 Å². The summed E-state index contributed by atoms with van der Waals surface area (Å²) in [5, 5.41) is 22.2. The number of nitrogens with zero attached hydrogens (tertiary/aromatic N) is 3. The molecule has 0 aliphatic heterocycles. The van der Waals surface area contributed by atoms with Crippen LogP contribution in [0.25, 0.3) is 21.7 Å². The van der Waals surface area contributed by atoms with Crippen LogP contribution in [0, 0.1) is 17.5 Å². The van der Waals surface area contributed by atoms with Crippen molar-refractivity contribution in [1.82, 2.24) is 9.55 Å². The number of halogens is 4. The molecule has 0 atom stereocenters. The second-order valence-corrected chi connectivity index (χ2v) is 11.6. The van der Waals surface area contributed by atoms with E-state index in [0.717, 1.165) is 22.2 Å². The molecule has 3 aromatic carbocycles. The molecule has 0 saturated heterocycles. The molecule has 0 radical (unpaired) electrons. The van der Waals surface area contributed by atoms with Gasteiger partial charge in [-0.2, -0.15) is 0 Å². The number of fused-ring (bicyclic) bond motifs is 2. The van der Waals surface area contributed by atoms with E-state index < -0.39 is 33.3 Å². The number of phenols is 1. The average molecular weight is 576 g/mol. The van der Waals surface area contributed by atoms with E-state index in [1.165, 1.54) is 36.1 Å². The van der Waals surface area contributed by atoms with Gasteiger partial charge in [-0.3, -0.25) is 9.29 Å². The molecule has 0 bridgehead atoms. The molecule has 12 heteroatoms. The number of sulfonamides is 1. The lowest BCUT2D eigenvalue weighted by molar-refractivity contribution is 0.423. The van der Waals surface area contributed by atoms with E-state index in [1.807, 2.05) is 0 Å². The van der Waals surface area contributed by atoms with Gasteiger partial charge in [0.1, 0.15) is 23.0 Å². The molecule has 39 heavy (non-hydrogen) atoms. The number of phenolic OH excluding ortho intramolecular Hbond substituents is 1. The summed E-state index contributed by atoms with van der Waals surface area (Å²) in [6, 6.07) is 9.25. The summed E-state index contributed by atoms with van der Waals surface area (Å²) < 4.78 is 68.9. The lowest BCUT2D eigenvalue weighted by Crippen LogP contribution is -2.25. The van der Waals surface area contributed by atoms with Crippen LogP contribution in [-0.2, 0) is 23.0 Å². The maximum Gasteiger partial charge on any atom is 0.232 e. The summed E-state index contributed by atoms with van der Waals surface area (Å²) in [4.78, 5) is 4.35. The molecule has 2 aromatic heterocycles. The van der Waals surface area contributed by atoms with Crippen molar-refractivity contribution < 1.29 is 31.8 Å². The summed E-state index contributed by atoms with van der Waals surface area (Å²) in [5.74, 6) is -3.11. The number of benzene rings is 3. The Hall–Kier alpha value is -3.96. The molecule has 0 spiro atoms. The number of aromatic nitrogens is 2. The Kier molecular flexibility index (Phi) is 6.59. The van der Waals surface area contributed by atoms with Crippen LogP contribution in [0.2, 0.25) is 5.02 Å². The van der Waals surface area contributed by atoms with Crippen molar-refractivity contribution in [3.63, 3.8) is 0 Å². The first kappa shape index (κ1) is 26.6. The molecule has 0 fully saturated rings. The quantitative estimate of drug-likeness (QED) is 0.253. The van der Waals surface area contributed by atoms with Crippen LogP contribution in [0.5, 0.6) is 11.6 Å². The van der Waals surface area contributed by atoms with Gasteiger partial charge in [0.05, 0.1) is 28.9 Å². The highest BCUT2D eigenvalue weighted by molar-refractivity contribution is 7.92.